The molecular formula is HHg4Na. The first-order chi connectivity index (χ1) is 0. The Balaban J connectivity index is 0. The van der Waals surface area contributed by atoms with Gasteiger partial charge in [0.05, 0.1) is 0 Å². The van der Waals surface area contributed by atoms with Gasteiger partial charge in [0.2, 0.25) is 0 Å². The van der Waals surface area contributed by atoms with Crippen molar-refractivity contribution in [3.8, 4) is 0 Å². The Bertz CT molecular complexity index is 7.51. The molecule has 0 fully saturated rings. The van der Waals surface area contributed by atoms with Crippen LogP contribution >= 0.6 is 0 Å². The molecule has 0 amide bonds. The Kier molecular flexibility index (Phi) is 154. The third kappa shape index (κ3) is 17.7. The minimum Gasteiger partial charge on any atom is -1.00 e. The van der Waals surface area contributed by atoms with Crippen LogP contribution in [-0.4, -0.2) is 0 Å². The molecule has 0 aromatic rings. The summed E-state index contributed by atoms with van der Waals surface area (Å²) in [4.78, 5) is 0. The van der Waals surface area contributed by atoms with E-state index in [2.05, 4.69) is 0 Å². The van der Waals surface area contributed by atoms with E-state index in [0.717, 1.165) is 0 Å². The van der Waals surface area contributed by atoms with Crippen molar-refractivity contribution in [2.24, 2.45) is 0 Å². The van der Waals surface area contributed by atoms with E-state index in [1.54, 1.807) is 0 Å². The first-order valence-electron chi connectivity index (χ1n) is 0. The first-order valence-corrected chi connectivity index (χ1v) is 0. The second kappa shape index (κ2) is 23.3. The molecule has 0 spiro atoms. The van der Waals surface area contributed by atoms with E-state index in [9.17, 15) is 0 Å². The quantitative estimate of drug-likeness (QED) is 0.231. The van der Waals surface area contributed by atoms with Gasteiger partial charge in [-0.05, 0) is 0 Å². The standard InChI is InChI=1S/4Hg.Na.H/q;;;;+1;-1. The summed E-state index contributed by atoms with van der Waals surface area (Å²) in [5.74, 6) is 0. The average molecular weight is 826 g/mol. The zero-order valence-electron chi connectivity index (χ0n) is 4.83. The van der Waals surface area contributed by atoms with Crippen LogP contribution in [-0.2, 0) is 111 Å². The predicted octanol–water partition coefficient (Wildman–Crippen LogP) is -2.89. The van der Waals surface area contributed by atoms with Gasteiger partial charge in [-0.15, -0.1) is 0 Å². The molecular weight excluding hydrogens is 825 g/mol. The van der Waals surface area contributed by atoms with Gasteiger partial charge in [0.25, 0.3) is 0 Å². The maximum absolute atomic E-state index is 0. The van der Waals surface area contributed by atoms with E-state index in [1.807, 2.05) is 0 Å². The topological polar surface area (TPSA) is 0 Å². The van der Waals surface area contributed by atoms with E-state index in [0.29, 0.717) is 0 Å². The van der Waals surface area contributed by atoms with Crippen LogP contribution in [0.15, 0.2) is 0 Å². The molecule has 10 valence electrons. The zero-order chi connectivity index (χ0) is 0. The second-order valence-corrected chi connectivity index (χ2v) is 0. The molecule has 0 aromatic carbocycles. The normalized spacial score (nSPS) is 0. The molecule has 0 saturated heterocycles. The van der Waals surface area contributed by atoms with Gasteiger partial charge in [0.1, 0.15) is 0 Å². The van der Waals surface area contributed by atoms with E-state index >= 15 is 0 Å². The van der Waals surface area contributed by atoms with E-state index in [1.165, 1.54) is 0 Å². The van der Waals surface area contributed by atoms with E-state index < -0.39 is 0 Å². The molecule has 0 N–H and O–H groups in total. The van der Waals surface area contributed by atoms with Crippen LogP contribution in [0, 0.1) is 0 Å². The Morgan fingerprint density at radius 3 is 0.600 bits per heavy atom. The molecule has 0 nitrogen and oxygen atoms in total. The van der Waals surface area contributed by atoms with Crippen LogP contribution in [0.1, 0.15) is 1.43 Å². The summed E-state index contributed by atoms with van der Waals surface area (Å²) in [6, 6.07) is 0. The summed E-state index contributed by atoms with van der Waals surface area (Å²) in [6.45, 7) is 0. The molecule has 0 unspecified atom stereocenters. The van der Waals surface area contributed by atoms with Gasteiger partial charge >= 0.3 is 29.6 Å². The van der Waals surface area contributed by atoms with Gasteiger partial charge in [0.15, 0.2) is 0 Å². The fourth-order valence-electron chi connectivity index (χ4n) is 0. The molecule has 5 heavy (non-hydrogen) atoms. The van der Waals surface area contributed by atoms with Crippen molar-refractivity contribution in [3.05, 3.63) is 0 Å². The van der Waals surface area contributed by atoms with Crippen molar-refractivity contribution in [1.82, 2.24) is 0 Å². The van der Waals surface area contributed by atoms with Crippen LogP contribution in [0.5, 0.6) is 0 Å². The zero-order valence-corrected chi connectivity index (χ0v) is 27.8. The van der Waals surface area contributed by atoms with Crippen molar-refractivity contribution in [2.75, 3.05) is 0 Å². The van der Waals surface area contributed by atoms with Gasteiger partial charge in [-0.3, -0.25) is 0 Å². The Morgan fingerprint density at radius 1 is 0.600 bits per heavy atom. The number of rotatable bonds is 0. The fraction of sp³-hybridized carbons (Fsp3) is 0. The van der Waals surface area contributed by atoms with E-state index in [-0.39, 0.29) is 142 Å². The van der Waals surface area contributed by atoms with Gasteiger partial charge in [0, 0.05) is 111 Å². The maximum atomic E-state index is 0. The molecule has 0 rings (SSSR count). The average Bonchev–Trinajstić information content (AvgIpc) is 0. The van der Waals surface area contributed by atoms with Crippen molar-refractivity contribution in [2.45, 2.75) is 0 Å². The summed E-state index contributed by atoms with van der Waals surface area (Å²) in [7, 11) is 0. The van der Waals surface area contributed by atoms with Gasteiger partial charge < -0.3 is 1.43 Å². The van der Waals surface area contributed by atoms with Gasteiger partial charge in [-0.25, -0.2) is 0 Å². The molecule has 0 radical (unpaired) electrons. The number of hydrogen-bond acceptors (Lipinski definition) is 0. The predicted molar refractivity (Wildman–Crippen MR) is 1.11 cm³/mol. The number of hydrogen-bond donors (Lipinski definition) is 0. The van der Waals surface area contributed by atoms with Crippen LogP contribution < -0.4 is 29.6 Å². The maximum Gasteiger partial charge on any atom is 1.00 e. The molecule has 0 aromatic heterocycles. The Labute approximate surface area is 138 Å². The van der Waals surface area contributed by atoms with Crippen molar-refractivity contribution in [3.63, 3.8) is 0 Å². The summed E-state index contributed by atoms with van der Waals surface area (Å²) >= 11 is 0. The summed E-state index contributed by atoms with van der Waals surface area (Å²) < 4.78 is 0. The summed E-state index contributed by atoms with van der Waals surface area (Å²) in [5, 5.41) is 0. The minimum absolute atomic E-state index is 0. The van der Waals surface area contributed by atoms with Crippen LogP contribution in [0.3, 0.4) is 0 Å². The summed E-state index contributed by atoms with van der Waals surface area (Å²) in [5.41, 5.74) is 0. The summed E-state index contributed by atoms with van der Waals surface area (Å²) in [6.07, 6.45) is 0. The van der Waals surface area contributed by atoms with Crippen LogP contribution in [0.4, 0.5) is 0 Å². The first kappa shape index (κ1) is 33.1. The van der Waals surface area contributed by atoms with Crippen molar-refractivity contribution >= 4 is 0 Å². The van der Waals surface area contributed by atoms with Gasteiger partial charge in [-0.1, -0.05) is 0 Å². The van der Waals surface area contributed by atoms with Crippen LogP contribution in [0.2, 0.25) is 0 Å². The fourth-order valence-corrected chi connectivity index (χ4v) is 0. The molecule has 5 heteroatoms. The minimum atomic E-state index is 0. The van der Waals surface area contributed by atoms with Gasteiger partial charge in [-0.2, -0.15) is 0 Å². The Hall–Kier alpha value is 4.74. The molecule has 0 saturated carbocycles. The SMILES string of the molecule is [H-].[Hg].[Hg].[Hg].[Hg].[Na+]. The smallest absolute Gasteiger partial charge is 1.00 e. The van der Waals surface area contributed by atoms with Crippen molar-refractivity contribution in [1.29, 1.82) is 0 Å². The molecule has 0 atom stereocenters. The molecule has 0 bridgehead atoms. The van der Waals surface area contributed by atoms with E-state index in [4.69, 9.17) is 0 Å². The van der Waals surface area contributed by atoms with Crippen LogP contribution in [0.25, 0.3) is 0 Å². The second-order valence-electron chi connectivity index (χ2n) is 0. The molecule has 0 heterocycles. The Morgan fingerprint density at radius 2 is 0.600 bits per heavy atom. The third-order valence-electron chi connectivity index (χ3n) is 0. The molecule has 0 aliphatic heterocycles. The molecule has 0 aliphatic carbocycles. The monoisotopic (exact) mass is 832 g/mol. The van der Waals surface area contributed by atoms with Crippen molar-refractivity contribution < 1.29 is 142 Å². The largest absolute Gasteiger partial charge is 1.00 e. The third-order valence-corrected chi connectivity index (χ3v) is 0. The molecule has 0 aliphatic rings.